The number of rotatable bonds is 5. The van der Waals surface area contributed by atoms with Crippen LogP contribution in [0.5, 0.6) is 5.75 Å². The number of imidazole rings is 1. The first-order chi connectivity index (χ1) is 14.3. The van der Waals surface area contributed by atoms with Crippen LogP contribution in [0, 0.1) is 0 Å². The largest absolute Gasteiger partial charge is 0.486 e. The predicted octanol–water partition coefficient (Wildman–Crippen LogP) is 6.47. The van der Waals surface area contributed by atoms with Crippen LogP contribution in [0.15, 0.2) is 91.0 Å². The molecule has 5 rings (SSSR count). The fraction of sp³-hybridized carbons (Fsp3) is 0.0800. The summed E-state index contributed by atoms with van der Waals surface area (Å²) >= 11 is 6.18. The van der Waals surface area contributed by atoms with Gasteiger partial charge in [-0.1, -0.05) is 66.2 Å². The maximum absolute atomic E-state index is 6.18. The number of aromatic nitrogens is 2. The highest BCUT2D eigenvalue weighted by molar-refractivity contribution is 6.30. The highest BCUT2D eigenvalue weighted by Crippen LogP contribution is 2.23. The fourth-order valence-corrected chi connectivity index (χ4v) is 3.85. The third-order valence-electron chi connectivity index (χ3n) is 5.05. The average Bonchev–Trinajstić information content (AvgIpc) is 3.09. The molecule has 0 radical (unpaired) electrons. The van der Waals surface area contributed by atoms with Crippen molar-refractivity contribution in [2.24, 2.45) is 0 Å². The van der Waals surface area contributed by atoms with Crippen LogP contribution < -0.4 is 4.74 Å². The predicted molar refractivity (Wildman–Crippen MR) is 119 cm³/mol. The molecule has 0 amide bonds. The number of nitrogens with zero attached hydrogens (tertiary/aromatic N) is 2. The van der Waals surface area contributed by atoms with Crippen molar-refractivity contribution in [1.82, 2.24) is 9.55 Å². The molecule has 29 heavy (non-hydrogen) atoms. The van der Waals surface area contributed by atoms with E-state index in [1.165, 1.54) is 5.39 Å². The standard InChI is InChI=1S/C25H19ClN2O/c26-21-9-5-6-18(14-21)16-28-24-11-4-3-10-23(24)27-25(28)17-29-22-13-12-19-7-1-2-8-20(19)15-22/h1-15H,16-17H2. The van der Waals surface area contributed by atoms with Gasteiger partial charge in [-0.05, 0) is 52.7 Å². The van der Waals surface area contributed by atoms with Crippen molar-refractivity contribution in [2.75, 3.05) is 0 Å². The monoisotopic (exact) mass is 398 g/mol. The first kappa shape index (κ1) is 17.8. The highest BCUT2D eigenvalue weighted by Gasteiger charge is 2.12. The zero-order valence-corrected chi connectivity index (χ0v) is 16.5. The van der Waals surface area contributed by atoms with Crippen molar-refractivity contribution in [3.8, 4) is 5.75 Å². The Labute approximate surface area is 174 Å². The minimum atomic E-state index is 0.396. The van der Waals surface area contributed by atoms with E-state index in [1.807, 2.05) is 54.6 Å². The number of fused-ring (bicyclic) bond motifs is 2. The van der Waals surface area contributed by atoms with Crippen molar-refractivity contribution >= 4 is 33.4 Å². The summed E-state index contributed by atoms with van der Waals surface area (Å²) in [6.45, 7) is 1.09. The topological polar surface area (TPSA) is 27.1 Å². The van der Waals surface area contributed by atoms with Crippen LogP contribution in [0.2, 0.25) is 5.02 Å². The van der Waals surface area contributed by atoms with Gasteiger partial charge in [0.15, 0.2) is 0 Å². The molecule has 1 aromatic heterocycles. The number of para-hydroxylation sites is 2. The molecule has 0 fully saturated rings. The minimum absolute atomic E-state index is 0.396. The lowest BCUT2D eigenvalue weighted by Gasteiger charge is -2.11. The van der Waals surface area contributed by atoms with Gasteiger partial charge in [0.05, 0.1) is 11.0 Å². The second-order valence-corrected chi connectivity index (χ2v) is 7.47. The molecule has 0 atom stereocenters. The Morgan fingerprint density at radius 1 is 0.793 bits per heavy atom. The Kier molecular flexibility index (Phi) is 4.66. The summed E-state index contributed by atoms with van der Waals surface area (Å²) in [5.74, 6) is 1.73. The van der Waals surface area contributed by atoms with Crippen molar-refractivity contribution < 1.29 is 4.74 Å². The molecule has 0 N–H and O–H groups in total. The first-order valence-corrected chi connectivity index (χ1v) is 9.94. The molecule has 4 heteroatoms. The van der Waals surface area contributed by atoms with Crippen molar-refractivity contribution in [3.63, 3.8) is 0 Å². The van der Waals surface area contributed by atoms with Crippen molar-refractivity contribution in [2.45, 2.75) is 13.2 Å². The van der Waals surface area contributed by atoms with Gasteiger partial charge in [0.2, 0.25) is 0 Å². The Balaban J connectivity index is 1.47. The van der Waals surface area contributed by atoms with E-state index in [0.717, 1.165) is 38.6 Å². The molecule has 0 saturated heterocycles. The zero-order chi connectivity index (χ0) is 19.6. The number of benzene rings is 4. The van der Waals surface area contributed by atoms with Gasteiger partial charge in [0.1, 0.15) is 18.2 Å². The van der Waals surface area contributed by atoms with Gasteiger partial charge < -0.3 is 9.30 Å². The summed E-state index contributed by atoms with van der Waals surface area (Å²) in [5, 5.41) is 3.10. The summed E-state index contributed by atoms with van der Waals surface area (Å²) in [6.07, 6.45) is 0. The van der Waals surface area contributed by atoms with Crippen LogP contribution in [0.4, 0.5) is 0 Å². The van der Waals surface area contributed by atoms with Crippen LogP contribution in [-0.2, 0) is 13.2 Å². The van der Waals surface area contributed by atoms with E-state index in [0.29, 0.717) is 13.2 Å². The number of ether oxygens (including phenoxy) is 1. The second-order valence-electron chi connectivity index (χ2n) is 7.03. The van der Waals surface area contributed by atoms with Crippen LogP contribution in [0.25, 0.3) is 21.8 Å². The molecule has 0 spiro atoms. The second kappa shape index (κ2) is 7.61. The van der Waals surface area contributed by atoms with Crippen molar-refractivity contribution in [1.29, 1.82) is 0 Å². The van der Waals surface area contributed by atoms with Gasteiger partial charge in [-0.25, -0.2) is 4.98 Å². The number of hydrogen-bond donors (Lipinski definition) is 0. The molecule has 142 valence electrons. The Morgan fingerprint density at radius 3 is 2.52 bits per heavy atom. The van der Waals surface area contributed by atoms with E-state index < -0.39 is 0 Å². The Morgan fingerprint density at radius 2 is 1.62 bits per heavy atom. The molecule has 1 heterocycles. The van der Waals surface area contributed by atoms with Crippen LogP contribution in [-0.4, -0.2) is 9.55 Å². The quantitative estimate of drug-likeness (QED) is 0.339. The lowest BCUT2D eigenvalue weighted by atomic mass is 10.1. The lowest BCUT2D eigenvalue weighted by molar-refractivity contribution is 0.291. The average molecular weight is 399 g/mol. The van der Waals surface area contributed by atoms with E-state index in [4.69, 9.17) is 21.3 Å². The highest BCUT2D eigenvalue weighted by atomic mass is 35.5. The molecule has 0 unspecified atom stereocenters. The molecule has 0 aliphatic carbocycles. The van der Waals surface area contributed by atoms with Gasteiger partial charge in [-0.2, -0.15) is 0 Å². The van der Waals surface area contributed by atoms with Gasteiger partial charge in [-0.3, -0.25) is 0 Å². The van der Waals surface area contributed by atoms with Crippen molar-refractivity contribution in [3.05, 3.63) is 107 Å². The van der Waals surface area contributed by atoms with Crippen LogP contribution in [0.3, 0.4) is 0 Å². The molecular weight excluding hydrogens is 380 g/mol. The van der Waals surface area contributed by atoms with E-state index in [2.05, 4.69) is 41.0 Å². The van der Waals surface area contributed by atoms with Gasteiger partial charge in [-0.15, -0.1) is 0 Å². The van der Waals surface area contributed by atoms with E-state index >= 15 is 0 Å². The summed E-state index contributed by atoms with van der Waals surface area (Å²) in [5.41, 5.74) is 3.18. The molecular formula is C25H19ClN2O. The summed E-state index contributed by atoms with van der Waals surface area (Å²) < 4.78 is 8.32. The Hall–Kier alpha value is -3.30. The SMILES string of the molecule is Clc1cccc(Cn2c(COc3ccc4ccccc4c3)nc3ccccc32)c1. The summed E-state index contributed by atoms with van der Waals surface area (Å²) in [6, 6.07) is 30.5. The maximum Gasteiger partial charge on any atom is 0.148 e. The molecule has 4 aromatic carbocycles. The van der Waals surface area contributed by atoms with Crippen LogP contribution >= 0.6 is 11.6 Å². The van der Waals surface area contributed by atoms with Gasteiger partial charge in [0.25, 0.3) is 0 Å². The van der Waals surface area contributed by atoms with Gasteiger partial charge in [0, 0.05) is 11.6 Å². The molecule has 0 bridgehead atoms. The smallest absolute Gasteiger partial charge is 0.148 e. The molecule has 0 aliphatic rings. The third kappa shape index (κ3) is 3.69. The van der Waals surface area contributed by atoms with E-state index in [1.54, 1.807) is 0 Å². The summed E-state index contributed by atoms with van der Waals surface area (Å²) in [7, 11) is 0. The minimum Gasteiger partial charge on any atom is -0.486 e. The lowest BCUT2D eigenvalue weighted by Crippen LogP contribution is -2.08. The maximum atomic E-state index is 6.18. The van der Waals surface area contributed by atoms with Crippen LogP contribution in [0.1, 0.15) is 11.4 Å². The molecule has 0 saturated carbocycles. The number of halogens is 1. The molecule has 0 aliphatic heterocycles. The first-order valence-electron chi connectivity index (χ1n) is 9.56. The molecule has 3 nitrogen and oxygen atoms in total. The normalized spacial score (nSPS) is 11.2. The summed E-state index contributed by atoms with van der Waals surface area (Å²) in [4.78, 5) is 4.81. The van der Waals surface area contributed by atoms with E-state index in [-0.39, 0.29) is 0 Å². The third-order valence-corrected chi connectivity index (χ3v) is 5.29. The molecule has 5 aromatic rings. The Bertz CT molecular complexity index is 1310. The van der Waals surface area contributed by atoms with E-state index in [9.17, 15) is 0 Å². The zero-order valence-electron chi connectivity index (χ0n) is 15.8. The van der Waals surface area contributed by atoms with Gasteiger partial charge >= 0.3 is 0 Å². The number of hydrogen-bond acceptors (Lipinski definition) is 2. The fourth-order valence-electron chi connectivity index (χ4n) is 3.63.